The molecule has 0 saturated heterocycles. The van der Waals surface area contributed by atoms with E-state index in [1.165, 1.54) is 0 Å². The third kappa shape index (κ3) is 6.40. The Hall–Kier alpha value is -1.88. The van der Waals surface area contributed by atoms with Crippen LogP contribution in [-0.4, -0.2) is 30.9 Å². The van der Waals surface area contributed by atoms with Gasteiger partial charge in [0.1, 0.15) is 0 Å². The Bertz CT molecular complexity index is 481. The summed E-state index contributed by atoms with van der Waals surface area (Å²) in [7, 11) is 0. The van der Waals surface area contributed by atoms with Gasteiger partial charge < -0.3 is 16.0 Å². The summed E-state index contributed by atoms with van der Waals surface area (Å²) in [5.74, 6) is 0.0460. The maximum Gasteiger partial charge on any atom is 0.238 e. The second kappa shape index (κ2) is 7.78. The van der Waals surface area contributed by atoms with Gasteiger partial charge in [-0.25, -0.2) is 0 Å². The van der Waals surface area contributed by atoms with Crippen LogP contribution in [0.2, 0.25) is 0 Å². The zero-order valence-electron chi connectivity index (χ0n) is 12.4. The van der Waals surface area contributed by atoms with Crippen LogP contribution in [0, 0.1) is 6.92 Å². The van der Waals surface area contributed by atoms with Crippen molar-refractivity contribution in [3.63, 3.8) is 0 Å². The summed E-state index contributed by atoms with van der Waals surface area (Å²) in [6.45, 7) is 2.93. The summed E-state index contributed by atoms with van der Waals surface area (Å²) < 4.78 is 0. The second-order valence-corrected chi connectivity index (χ2v) is 5.54. The summed E-state index contributed by atoms with van der Waals surface area (Å²) >= 11 is 0. The Kier molecular flexibility index (Phi) is 5.75. The van der Waals surface area contributed by atoms with Gasteiger partial charge in [-0.05, 0) is 44.9 Å². The molecule has 0 aromatic heterocycles. The first kappa shape index (κ1) is 15.5. The highest BCUT2D eigenvalue weighted by molar-refractivity contribution is 5.92. The fraction of sp³-hybridized carbons (Fsp3) is 0.500. The number of aryl methyl sites for hydroxylation is 1. The van der Waals surface area contributed by atoms with E-state index in [4.69, 9.17) is 0 Å². The average molecular weight is 289 g/mol. The molecule has 0 unspecified atom stereocenters. The van der Waals surface area contributed by atoms with Crippen LogP contribution < -0.4 is 16.0 Å². The van der Waals surface area contributed by atoms with Crippen LogP contribution in [0.3, 0.4) is 0 Å². The molecule has 1 aliphatic rings. The summed E-state index contributed by atoms with van der Waals surface area (Å²) in [5.41, 5.74) is 1.96. The maximum atomic E-state index is 11.7. The molecule has 1 fully saturated rings. The fourth-order valence-electron chi connectivity index (χ4n) is 1.95. The van der Waals surface area contributed by atoms with Crippen molar-refractivity contribution in [2.45, 2.75) is 38.6 Å². The number of hydrogen-bond acceptors (Lipinski definition) is 3. The Morgan fingerprint density at radius 2 is 1.86 bits per heavy atom. The number of amides is 2. The van der Waals surface area contributed by atoms with Crippen molar-refractivity contribution in [1.29, 1.82) is 0 Å². The molecule has 0 aliphatic heterocycles. The molecule has 5 nitrogen and oxygen atoms in total. The number of hydrogen-bond donors (Lipinski definition) is 3. The first-order chi connectivity index (χ1) is 10.1. The van der Waals surface area contributed by atoms with Crippen LogP contribution in [0.5, 0.6) is 0 Å². The van der Waals surface area contributed by atoms with Gasteiger partial charge in [0.15, 0.2) is 0 Å². The zero-order chi connectivity index (χ0) is 15.1. The van der Waals surface area contributed by atoms with E-state index in [9.17, 15) is 9.59 Å². The van der Waals surface area contributed by atoms with E-state index in [0.717, 1.165) is 30.5 Å². The minimum atomic E-state index is -0.0683. The van der Waals surface area contributed by atoms with Crippen molar-refractivity contribution in [3.8, 4) is 0 Å². The highest BCUT2D eigenvalue weighted by atomic mass is 16.2. The number of benzene rings is 1. The van der Waals surface area contributed by atoms with Crippen molar-refractivity contribution in [2.75, 3.05) is 18.4 Å². The second-order valence-electron chi connectivity index (χ2n) is 5.54. The van der Waals surface area contributed by atoms with Gasteiger partial charge in [-0.1, -0.05) is 17.7 Å². The van der Waals surface area contributed by atoms with E-state index in [-0.39, 0.29) is 18.4 Å². The van der Waals surface area contributed by atoms with Crippen molar-refractivity contribution in [3.05, 3.63) is 29.8 Å². The number of rotatable bonds is 8. The summed E-state index contributed by atoms with van der Waals surface area (Å²) in [5, 5.41) is 8.82. The lowest BCUT2D eigenvalue weighted by atomic mass is 10.2. The molecule has 3 N–H and O–H groups in total. The normalized spacial score (nSPS) is 13.8. The summed E-state index contributed by atoms with van der Waals surface area (Å²) in [6.07, 6.45) is 3.49. The van der Waals surface area contributed by atoms with E-state index in [0.29, 0.717) is 19.0 Å². The van der Waals surface area contributed by atoms with E-state index >= 15 is 0 Å². The number of carbonyl (C=O) groups is 2. The molecule has 1 aromatic rings. The van der Waals surface area contributed by atoms with Gasteiger partial charge in [0.25, 0.3) is 0 Å². The lowest BCUT2D eigenvalue weighted by Crippen LogP contribution is -2.30. The molecule has 1 saturated carbocycles. The number of anilines is 1. The van der Waals surface area contributed by atoms with Gasteiger partial charge >= 0.3 is 0 Å². The highest BCUT2D eigenvalue weighted by Gasteiger charge is 2.22. The number of carbonyl (C=O) groups excluding carboxylic acids is 2. The summed E-state index contributed by atoms with van der Waals surface area (Å²) in [6, 6.07) is 8.11. The molecule has 2 rings (SSSR count). The average Bonchev–Trinajstić information content (AvgIpc) is 3.25. The summed E-state index contributed by atoms with van der Waals surface area (Å²) in [4.78, 5) is 23.1. The van der Waals surface area contributed by atoms with Gasteiger partial charge in [-0.15, -0.1) is 0 Å². The topological polar surface area (TPSA) is 70.2 Å². The predicted molar refractivity (Wildman–Crippen MR) is 83.1 cm³/mol. The van der Waals surface area contributed by atoms with Crippen LogP contribution in [0.4, 0.5) is 5.69 Å². The molecule has 0 radical (unpaired) electrons. The molecule has 1 aromatic carbocycles. The Morgan fingerprint density at radius 1 is 1.14 bits per heavy atom. The Labute approximate surface area is 125 Å². The molecule has 0 spiro atoms. The largest absolute Gasteiger partial charge is 0.353 e. The molecular formula is C16H23N3O2. The van der Waals surface area contributed by atoms with Gasteiger partial charge in [-0.2, -0.15) is 0 Å². The quantitative estimate of drug-likeness (QED) is 0.636. The first-order valence-electron chi connectivity index (χ1n) is 7.50. The van der Waals surface area contributed by atoms with Crippen LogP contribution in [0.25, 0.3) is 0 Å². The highest BCUT2D eigenvalue weighted by Crippen LogP contribution is 2.18. The van der Waals surface area contributed by atoms with Crippen LogP contribution >= 0.6 is 0 Å². The minimum Gasteiger partial charge on any atom is -0.353 e. The Morgan fingerprint density at radius 3 is 2.52 bits per heavy atom. The lowest BCUT2D eigenvalue weighted by Gasteiger charge is -2.07. The van der Waals surface area contributed by atoms with Gasteiger partial charge in [0.2, 0.25) is 11.8 Å². The van der Waals surface area contributed by atoms with E-state index < -0.39 is 0 Å². The third-order valence-corrected chi connectivity index (χ3v) is 3.32. The minimum absolute atomic E-state index is 0.0683. The molecule has 21 heavy (non-hydrogen) atoms. The zero-order valence-corrected chi connectivity index (χ0v) is 12.4. The predicted octanol–water partition coefficient (Wildman–Crippen LogP) is 1.58. The first-order valence-corrected chi connectivity index (χ1v) is 7.50. The molecule has 0 heterocycles. The lowest BCUT2D eigenvalue weighted by molar-refractivity contribution is -0.121. The molecule has 2 amide bonds. The fourth-order valence-corrected chi connectivity index (χ4v) is 1.95. The van der Waals surface area contributed by atoms with E-state index in [1.807, 2.05) is 31.2 Å². The Balaban J connectivity index is 1.52. The van der Waals surface area contributed by atoms with Crippen molar-refractivity contribution < 1.29 is 9.59 Å². The van der Waals surface area contributed by atoms with Crippen molar-refractivity contribution >= 4 is 17.5 Å². The SMILES string of the molecule is Cc1ccc(NC(=O)CNCCCC(=O)NC2CC2)cc1. The molecule has 0 bridgehead atoms. The molecule has 114 valence electrons. The smallest absolute Gasteiger partial charge is 0.238 e. The van der Waals surface area contributed by atoms with Gasteiger partial charge in [0, 0.05) is 18.2 Å². The van der Waals surface area contributed by atoms with Crippen molar-refractivity contribution in [1.82, 2.24) is 10.6 Å². The maximum absolute atomic E-state index is 11.7. The van der Waals surface area contributed by atoms with Gasteiger partial charge in [-0.3, -0.25) is 9.59 Å². The monoisotopic (exact) mass is 289 g/mol. The molecule has 0 atom stereocenters. The standard InChI is InChI=1S/C16H23N3O2/c1-12-4-6-13(7-5-12)19-16(21)11-17-10-2-3-15(20)18-14-8-9-14/h4-7,14,17H,2-3,8-11H2,1H3,(H,18,20)(H,19,21). The number of nitrogens with one attached hydrogen (secondary N) is 3. The molecule has 5 heteroatoms. The van der Waals surface area contributed by atoms with Crippen LogP contribution in [0.1, 0.15) is 31.2 Å². The van der Waals surface area contributed by atoms with Crippen LogP contribution in [-0.2, 0) is 9.59 Å². The van der Waals surface area contributed by atoms with Gasteiger partial charge in [0.05, 0.1) is 6.54 Å². The molecule has 1 aliphatic carbocycles. The van der Waals surface area contributed by atoms with Crippen molar-refractivity contribution in [2.24, 2.45) is 0 Å². The van der Waals surface area contributed by atoms with Crippen LogP contribution in [0.15, 0.2) is 24.3 Å². The molecular weight excluding hydrogens is 266 g/mol. The van der Waals surface area contributed by atoms with E-state index in [2.05, 4.69) is 16.0 Å². The third-order valence-electron chi connectivity index (χ3n) is 3.32. The van der Waals surface area contributed by atoms with E-state index in [1.54, 1.807) is 0 Å².